The number of aliphatic hydroxyl groups is 1. The third-order valence-corrected chi connectivity index (χ3v) is 2.52. The molecule has 2 aromatic rings. The lowest BCUT2D eigenvalue weighted by atomic mass is 10.0. The van der Waals surface area contributed by atoms with E-state index in [0.717, 1.165) is 0 Å². The number of alkyl halides is 3. The summed E-state index contributed by atoms with van der Waals surface area (Å²) >= 11 is 0. The predicted molar refractivity (Wildman–Crippen MR) is 61.6 cm³/mol. The van der Waals surface area contributed by atoms with Crippen LogP contribution in [0.4, 0.5) is 13.2 Å². The van der Waals surface area contributed by atoms with Crippen LogP contribution < -0.4 is 0 Å². The fraction of sp³-hybridized carbons (Fsp3) is 0.333. The Morgan fingerprint density at radius 2 is 1.68 bits per heavy atom. The molecule has 0 fully saturated rings. The van der Waals surface area contributed by atoms with E-state index in [2.05, 4.69) is 10.3 Å². The van der Waals surface area contributed by atoms with Crippen molar-refractivity contribution in [2.75, 3.05) is 0 Å². The highest BCUT2D eigenvalue weighted by Crippen LogP contribution is 2.36. The third kappa shape index (κ3) is 2.60. The Morgan fingerprint density at radius 3 is 2.16 bits per heavy atom. The van der Waals surface area contributed by atoms with Gasteiger partial charge in [-0.2, -0.15) is 13.2 Å². The van der Waals surface area contributed by atoms with E-state index in [0.29, 0.717) is 4.68 Å². The second-order valence-corrected chi connectivity index (χ2v) is 4.59. The second-order valence-electron chi connectivity index (χ2n) is 4.59. The molecule has 0 saturated carbocycles. The lowest BCUT2D eigenvalue weighted by Gasteiger charge is -2.18. The van der Waals surface area contributed by atoms with Crippen LogP contribution in [0.3, 0.4) is 0 Å². The summed E-state index contributed by atoms with van der Waals surface area (Å²) in [6, 6.07) is 7.85. The minimum atomic E-state index is -4.66. The number of halogens is 3. The van der Waals surface area contributed by atoms with E-state index in [1.54, 1.807) is 18.2 Å². The highest BCUT2D eigenvalue weighted by molar-refractivity contribution is 5.35. The summed E-state index contributed by atoms with van der Waals surface area (Å²) in [5.74, 6) is 0. The van der Waals surface area contributed by atoms with Crippen LogP contribution in [-0.4, -0.2) is 20.1 Å². The molecule has 7 heteroatoms. The molecule has 2 rings (SSSR count). The molecule has 1 aromatic carbocycles. The summed E-state index contributed by atoms with van der Waals surface area (Å²) in [7, 11) is 0. The first kappa shape index (κ1) is 13.5. The average molecular weight is 271 g/mol. The van der Waals surface area contributed by atoms with Crippen LogP contribution in [0, 0.1) is 0 Å². The molecule has 0 spiro atoms. The molecular weight excluding hydrogens is 259 g/mol. The Labute approximate surface area is 107 Å². The van der Waals surface area contributed by atoms with Crippen molar-refractivity contribution in [1.29, 1.82) is 0 Å². The molecule has 1 heterocycles. The van der Waals surface area contributed by atoms with Crippen molar-refractivity contribution in [1.82, 2.24) is 15.0 Å². The highest BCUT2D eigenvalue weighted by Gasteiger charge is 2.43. The van der Waals surface area contributed by atoms with Gasteiger partial charge in [-0.15, -0.1) is 5.10 Å². The Kier molecular flexibility index (Phi) is 3.09. The molecule has 102 valence electrons. The zero-order valence-electron chi connectivity index (χ0n) is 10.3. The van der Waals surface area contributed by atoms with Crippen molar-refractivity contribution < 1.29 is 18.3 Å². The molecule has 0 radical (unpaired) electrons. The number of benzene rings is 1. The first-order valence-corrected chi connectivity index (χ1v) is 5.52. The normalized spacial score (nSPS) is 12.7. The van der Waals surface area contributed by atoms with Crippen molar-refractivity contribution in [3.05, 3.63) is 41.7 Å². The lowest BCUT2D eigenvalue weighted by Crippen LogP contribution is -2.24. The van der Waals surface area contributed by atoms with Crippen LogP contribution >= 0.6 is 0 Å². The van der Waals surface area contributed by atoms with Gasteiger partial charge in [-0.3, -0.25) is 0 Å². The maximum absolute atomic E-state index is 13.1. The fourth-order valence-corrected chi connectivity index (χ4v) is 1.70. The minimum Gasteiger partial charge on any atom is -0.384 e. The molecule has 0 bridgehead atoms. The van der Waals surface area contributed by atoms with Gasteiger partial charge in [0.25, 0.3) is 0 Å². The largest absolute Gasteiger partial charge is 0.435 e. The van der Waals surface area contributed by atoms with E-state index in [-0.39, 0.29) is 5.69 Å². The summed E-state index contributed by atoms with van der Waals surface area (Å²) in [6.07, 6.45) is -4.66. The predicted octanol–water partition coefficient (Wildman–Crippen LogP) is 2.51. The summed E-state index contributed by atoms with van der Waals surface area (Å²) in [5, 5.41) is 16.8. The molecule has 1 N–H and O–H groups in total. The number of aromatic nitrogens is 3. The van der Waals surface area contributed by atoms with E-state index in [1.807, 2.05) is 0 Å². The fourth-order valence-electron chi connectivity index (χ4n) is 1.70. The Bertz CT molecular complexity index is 570. The van der Waals surface area contributed by atoms with Gasteiger partial charge in [-0.25, -0.2) is 4.68 Å². The zero-order valence-corrected chi connectivity index (χ0v) is 10.3. The van der Waals surface area contributed by atoms with Gasteiger partial charge in [0, 0.05) is 0 Å². The Hall–Kier alpha value is -1.89. The van der Waals surface area contributed by atoms with E-state index >= 15 is 0 Å². The van der Waals surface area contributed by atoms with Crippen LogP contribution in [0.15, 0.2) is 30.3 Å². The highest BCUT2D eigenvalue weighted by atomic mass is 19.4. The number of hydrogen-bond donors (Lipinski definition) is 1. The first-order chi connectivity index (χ1) is 8.71. The molecule has 4 nitrogen and oxygen atoms in total. The van der Waals surface area contributed by atoms with Gasteiger partial charge in [0.05, 0.1) is 5.69 Å². The van der Waals surface area contributed by atoms with Crippen molar-refractivity contribution in [3.8, 4) is 5.69 Å². The molecule has 0 unspecified atom stereocenters. The van der Waals surface area contributed by atoms with E-state index in [4.69, 9.17) is 0 Å². The molecule has 0 aliphatic rings. The number of rotatable bonds is 2. The molecule has 0 saturated heterocycles. The zero-order chi connectivity index (χ0) is 14.3. The van der Waals surface area contributed by atoms with Gasteiger partial charge >= 0.3 is 6.18 Å². The van der Waals surface area contributed by atoms with Crippen LogP contribution in [0.2, 0.25) is 0 Å². The third-order valence-electron chi connectivity index (χ3n) is 2.52. The van der Waals surface area contributed by atoms with Crippen molar-refractivity contribution in [3.63, 3.8) is 0 Å². The standard InChI is InChI=1S/C12H12F3N3O/c1-11(2,19)9-10(12(13,14)15)18(17-16-9)8-6-4-3-5-7-8/h3-7,19H,1-2H3. The molecule has 0 aliphatic carbocycles. The Balaban J connectivity index is 2.68. The minimum absolute atomic E-state index is 0.234. The number of para-hydroxylation sites is 1. The van der Waals surface area contributed by atoms with Crippen LogP contribution in [0.1, 0.15) is 25.2 Å². The van der Waals surface area contributed by atoms with Gasteiger partial charge in [0.1, 0.15) is 11.3 Å². The van der Waals surface area contributed by atoms with E-state index in [1.165, 1.54) is 26.0 Å². The molecule has 0 amide bonds. The van der Waals surface area contributed by atoms with Gasteiger partial charge in [-0.1, -0.05) is 23.4 Å². The Morgan fingerprint density at radius 1 is 1.11 bits per heavy atom. The SMILES string of the molecule is CC(C)(O)c1nnn(-c2ccccc2)c1C(F)(F)F. The van der Waals surface area contributed by atoms with E-state index in [9.17, 15) is 18.3 Å². The van der Waals surface area contributed by atoms with E-state index < -0.39 is 23.2 Å². The molecule has 1 aromatic heterocycles. The van der Waals surface area contributed by atoms with Crippen LogP contribution in [-0.2, 0) is 11.8 Å². The summed E-state index contributed by atoms with van der Waals surface area (Å²) in [4.78, 5) is 0. The van der Waals surface area contributed by atoms with Crippen molar-refractivity contribution in [2.24, 2.45) is 0 Å². The van der Waals surface area contributed by atoms with Gasteiger partial charge < -0.3 is 5.11 Å². The molecule has 0 aliphatic heterocycles. The summed E-state index contributed by atoms with van der Waals surface area (Å²) < 4.78 is 40.1. The molecule has 0 atom stereocenters. The molecule has 19 heavy (non-hydrogen) atoms. The van der Waals surface area contributed by atoms with Crippen molar-refractivity contribution in [2.45, 2.75) is 25.6 Å². The second kappa shape index (κ2) is 4.34. The van der Waals surface area contributed by atoms with Gasteiger partial charge in [0.15, 0.2) is 5.69 Å². The van der Waals surface area contributed by atoms with Crippen molar-refractivity contribution >= 4 is 0 Å². The maximum Gasteiger partial charge on any atom is 0.435 e. The van der Waals surface area contributed by atoms with Crippen LogP contribution in [0.5, 0.6) is 0 Å². The lowest BCUT2D eigenvalue weighted by molar-refractivity contribution is -0.145. The smallest absolute Gasteiger partial charge is 0.384 e. The summed E-state index contributed by atoms with van der Waals surface area (Å²) in [5.41, 5.74) is -3.05. The number of hydrogen-bond acceptors (Lipinski definition) is 3. The first-order valence-electron chi connectivity index (χ1n) is 5.52. The van der Waals surface area contributed by atoms with Gasteiger partial charge in [0.2, 0.25) is 0 Å². The summed E-state index contributed by atoms with van der Waals surface area (Å²) in [6.45, 7) is 2.48. The average Bonchev–Trinajstić information content (AvgIpc) is 2.74. The monoisotopic (exact) mass is 271 g/mol. The quantitative estimate of drug-likeness (QED) is 0.913. The molecular formula is C12H12F3N3O. The topological polar surface area (TPSA) is 50.9 Å². The number of nitrogens with zero attached hydrogens (tertiary/aromatic N) is 3. The van der Waals surface area contributed by atoms with Crippen LogP contribution in [0.25, 0.3) is 5.69 Å². The van der Waals surface area contributed by atoms with Gasteiger partial charge in [-0.05, 0) is 26.0 Å². The maximum atomic E-state index is 13.1.